The van der Waals surface area contributed by atoms with Gasteiger partial charge in [0.2, 0.25) is 0 Å². The molecule has 2 heterocycles. The molecule has 0 amide bonds. The van der Waals surface area contributed by atoms with Crippen molar-refractivity contribution in [2.24, 2.45) is 5.73 Å². The Morgan fingerprint density at radius 1 is 0.593 bits per heavy atom. The average molecular weight is 734 g/mol. The minimum atomic E-state index is -0.314. The molecule has 0 aliphatic heterocycles. The van der Waals surface area contributed by atoms with Gasteiger partial charge in [-0.15, -0.1) is 11.8 Å². The first kappa shape index (κ1) is 33.8. The van der Waals surface area contributed by atoms with Gasteiger partial charge in [-0.2, -0.15) is 0 Å². The van der Waals surface area contributed by atoms with Crippen molar-refractivity contribution in [1.29, 1.82) is 10.8 Å². The molecule has 1 unspecified atom stereocenters. The van der Waals surface area contributed by atoms with E-state index in [0.29, 0.717) is 10.8 Å². The van der Waals surface area contributed by atoms with E-state index in [2.05, 4.69) is 127 Å². The van der Waals surface area contributed by atoms with Gasteiger partial charge in [0.05, 0.1) is 22.5 Å². The molecular weight excluding hydrogens is 699 g/mol. The number of rotatable bonds is 7. The zero-order valence-corrected chi connectivity index (χ0v) is 30.9. The van der Waals surface area contributed by atoms with Gasteiger partial charge in [0.1, 0.15) is 5.04 Å². The van der Waals surface area contributed by atoms with Crippen molar-refractivity contribution in [3.8, 4) is 22.5 Å². The maximum atomic E-state index is 9.10. The van der Waals surface area contributed by atoms with E-state index in [-0.39, 0.29) is 10.5 Å². The van der Waals surface area contributed by atoms with E-state index in [1.54, 1.807) is 11.8 Å². The molecule has 7 aromatic carbocycles. The second-order valence-corrected chi connectivity index (χ2v) is 15.4. The van der Waals surface area contributed by atoms with Crippen molar-refractivity contribution in [3.05, 3.63) is 187 Å². The Labute approximate surface area is 321 Å². The van der Waals surface area contributed by atoms with E-state index in [1.807, 2.05) is 47.2 Å². The molecule has 0 aliphatic carbocycles. The molecule has 9 aromatic rings. The number of hydrogen-bond donors (Lipinski definition) is 3. The van der Waals surface area contributed by atoms with Crippen molar-refractivity contribution in [2.75, 3.05) is 0 Å². The van der Waals surface area contributed by atoms with E-state index < -0.39 is 0 Å². The van der Waals surface area contributed by atoms with Gasteiger partial charge in [0, 0.05) is 28.6 Å². The van der Waals surface area contributed by atoms with Crippen LogP contribution in [0.2, 0.25) is 0 Å². The molecule has 54 heavy (non-hydrogen) atoms. The van der Waals surface area contributed by atoms with Gasteiger partial charge in [-0.1, -0.05) is 121 Å². The predicted molar refractivity (Wildman–Crippen MR) is 232 cm³/mol. The van der Waals surface area contributed by atoms with Crippen LogP contribution in [-0.4, -0.2) is 19.8 Å². The highest BCUT2D eigenvalue weighted by molar-refractivity contribution is 8.26. The van der Waals surface area contributed by atoms with Gasteiger partial charge in [0.25, 0.3) is 0 Å². The van der Waals surface area contributed by atoms with Crippen LogP contribution in [-0.2, 0) is 5.75 Å². The zero-order chi connectivity index (χ0) is 36.6. The lowest BCUT2D eigenvalue weighted by atomic mass is 9.95. The smallest absolute Gasteiger partial charge is 0.171 e. The quantitative estimate of drug-likeness (QED) is 0.0658. The lowest BCUT2D eigenvalue weighted by molar-refractivity contribution is 1.02. The molecule has 2 aromatic heterocycles. The molecule has 5 nitrogen and oxygen atoms in total. The van der Waals surface area contributed by atoms with E-state index in [1.165, 1.54) is 32.3 Å². The van der Waals surface area contributed by atoms with Crippen molar-refractivity contribution in [3.63, 3.8) is 0 Å². The highest BCUT2D eigenvalue weighted by Crippen LogP contribution is 2.37. The molecule has 0 radical (unpaired) electrons. The van der Waals surface area contributed by atoms with Crippen LogP contribution >= 0.6 is 23.5 Å². The van der Waals surface area contributed by atoms with Crippen LogP contribution in [0.5, 0.6) is 0 Å². The Morgan fingerprint density at radius 2 is 1.19 bits per heavy atom. The van der Waals surface area contributed by atoms with Crippen LogP contribution in [0.3, 0.4) is 0 Å². The fourth-order valence-electron chi connectivity index (χ4n) is 7.35. The number of nitrogens with zero attached hydrogens (tertiary/aromatic N) is 2. The van der Waals surface area contributed by atoms with Crippen LogP contribution in [0.15, 0.2) is 170 Å². The van der Waals surface area contributed by atoms with Crippen LogP contribution in [0.1, 0.15) is 22.2 Å². The van der Waals surface area contributed by atoms with E-state index in [0.717, 1.165) is 61.9 Å². The average Bonchev–Trinajstić information content (AvgIpc) is 3.73. The molecule has 0 fully saturated rings. The summed E-state index contributed by atoms with van der Waals surface area (Å²) in [5.74, 6) is 0.640. The summed E-state index contributed by atoms with van der Waals surface area (Å²) >= 11 is 2.75. The second-order valence-electron chi connectivity index (χ2n) is 13.3. The number of nitrogens with two attached hydrogens (primary N) is 1. The molecule has 0 aliphatic rings. The molecular formula is C47H35N5S2. The third-order valence-electron chi connectivity index (χ3n) is 9.95. The number of fused-ring (bicyclic) bond motifs is 6. The molecule has 0 bridgehead atoms. The monoisotopic (exact) mass is 733 g/mol. The summed E-state index contributed by atoms with van der Waals surface area (Å²) < 4.78 is 1.86. The molecule has 7 heteroatoms. The molecule has 0 saturated heterocycles. The first-order valence-electron chi connectivity index (χ1n) is 17.8. The minimum absolute atomic E-state index is 0.256. The standard InChI is InChI=1S/C47H35N5S2/c48-45(53-29-34-16-10-23-43(51-34)41-27-30-12-1-3-17-35(30)37-19-5-7-21-39(37)41)32-14-9-15-33(26-32)46(49)54-47(50)52-25-11-24-44(52)42-28-31-13-2-4-18-36(31)38-20-6-8-22-40(38)42/h1-28,45,49-50H,29,48H2. The van der Waals surface area contributed by atoms with Crippen molar-refractivity contribution >= 4 is 76.8 Å². The van der Waals surface area contributed by atoms with Crippen LogP contribution in [0.4, 0.5) is 0 Å². The maximum Gasteiger partial charge on any atom is 0.171 e. The lowest BCUT2D eigenvalue weighted by Crippen LogP contribution is -2.11. The number of benzene rings is 7. The number of pyridine rings is 1. The van der Waals surface area contributed by atoms with Gasteiger partial charge >= 0.3 is 0 Å². The molecule has 1 atom stereocenters. The molecule has 0 saturated carbocycles. The fraction of sp³-hybridized carbons (Fsp3) is 0.0426. The molecule has 0 spiro atoms. The van der Waals surface area contributed by atoms with Gasteiger partial charge < -0.3 is 5.73 Å². The zero-order valence-electron chi connectivity index (χ0n) is 29.2. The number of aromatic nitrogens is 2. The Kier molecular flexibility index (Phi) is 9.05. The highest BCUT2D eigenvalue weighted by atomic mass is 32.2. The second kappa shape index (κ2) is 14.4. The Hall–Kier alpha value is -5.99. The maximum absolute atomic E-state index is 9.10. The fourth-order valence-corrected chi connectivity index (χ4v) is 8.90. The van der Waals surface area contributed by atoms with E-state index >= 15 is 0 Å². The first-order valence-corrected chi connectivity index (χ1v) is 19.7. The Balaban J connectivity index is 0.915. The molecule has 4 N–H and O–H groups in total. The normalized spacial score (nSPS) is 12.1. The Bertz CT molecular complexity index is 2890. The number of thioether (sulfide) groups is 2. The first-order chi connectivity index (χ1) is 26.5. The number of nitrogens with one attached hydrogen (secondary N) is 2. The summed E-state index contributed by atoms with van der Waals surface area (Å²) in [6, 6.07) is 56.3. The van der Waals surface area contributed by atoms with E-state index in [9.17, 15) is 0 Å². The summed E-state index contributed by atoms with van der Waals surface area (Å²) in [7, 11) is 0. The minimum Gasteiger partial charge on any atom is -0.316 e. The van der Waals surface area contributed by atoms with Gasteiger partial charge in [-0.3, -0.25) is 20.4 Å². The summed E-state index contributed by atoms with van der Waals surface area (Å²) in [4.78, 5) is 5.09. The third-order valence-corrected chi connectivity index (χ3v) is 11.9. The van der Waals surface area contributed by atoms with Crippen LogP contribution in [0.25, 0.3) is 65.6 Å². The highest BCUT2D eigenvalue weighted by Gasteiger charge is 2.17. The Morgan fingerprint density at radius 3 is 1.89 bits per heavy atom. The number of hydrogen-bond acceptors (Lipinski definition) is 6. The molecule has 9 rings (SSSR count). The summed E-state index contributed by atoms with van der Waals surface area (Å²) in [5, 5.41) is 27.9. The van der Waals surface area contributed by atoms with E-state index in [4.69, 9.17) is 21.5 Å². The van der Waals surface area contributed by atoms with Gasteiger partial charge in [0.15, 0.2) is 5.17 Å². The van der Waals surface area contributed by atoms with Gasteiger partial charge in [-0.25, -0.2) is 0 Å². The van der Waals surface area contributed by atoms with Gasteiger partial charge in [-0.05, 0) is 103 Å². The predicted octanol–water partition coefficient (Wildman–Crippen LogP) is 12.3. The molecule has 260 valence electrons. The summed E-state index contributed by atoms with van der Waals surface area (Å²) in [6.07, 6.45) is 1.90. The summed E-state index contributed by atoms with van der Waals surface area (Å²) in [6.45, 7) is 0. The summed E-state index contributed by atoms with van der Waals surface area (Å²) in [5.41, 5.74) is 13.4. The van der Waals surface area contributed by atoms with Crippen molar-refractivity contribution in [2.45, 2.75) is 11.1 Å². The topological polar surface area (TPSA) is 91.5 Å². The van der Waals surface area contributed by atoms with Crippen LogP contribution in [0, 0.1) is 10.8 Å². The van der Waals surface area contributed by atoms with Crippen molar-refractivity contribution in [1.82, 2.24) is 9.55 Å². The van der Waals surface area contributed by atoms with Crippen molar-refractivity contribution < 1.29 is 0 Å². The third kappa shape index (κ3) is 6.37. The lowest BCUT2D eigenvalue weighted by Gasteiger charge is -2.16. The van der Waals surface area contributed by atoms with Crippen LogP contribution < -0.4 is 5.73 Å². The SMILES string of the molecule is N=C(SC(=N)n1cccc1-c1cc2ccccc2c2ccccc12)c1cccc(C(N)SCc2cccc(-c3cc4ccccc4c4ccccc34)n2)c1. The largest absolute Gasteiger partial charge is 0.316 e.